The van der Waals surface area contributed by atoms with Crippen molar-refractivity contribution in [3.8, 4) is 5.75 Å². The number of carbonyl (C=O) groups excluding carboxylic acids is 2. The Bertz CT molecular complexity index is 1080. The third-order valence-corrected chi connectivity index (χ3v) is 6.17. The number of nitrogens with one attached hydrogen (secondary N) is 1. The van der Waals surface area contributed by atoms with Crippen LogP contribution in [-0.2, 0) is 14.3 Å². The van der Waals surface area contributed by atoms with Crippen LogP contribution in [0.5, 0.6) is 5.75 Å². The normalized spacial score (nSPS) is 16.2. The van der Waals surface area contributed by atoms with Crippen LogP contribution in [0.3, 0.4) is 0 Å². The Balaban J connectivity index is 1.59. The first-order chi connectivity index (χ1) is 15.4. The molecule has 164 valence electrons. The van der Waals surface area contributed by atoms with Gasteiger partial charge in [0.1, 0.15) is 5.75 Å². The van der Waals surface area contributed by atoms with Crippen molar-refractivity contribution < 1.29 is 19.1 Å². The van der Waals surface area contributed by atoms with Crippen LogP contribution < -0.4 is 10.1 Å². The summed E-state index contributed by atoms with van der Waals surface area (Å²) in [4.78, 5) is 29.6. The maximum atomic E-state index is 13.2. The molecule has 0 fully saturated rings. The summed E-state index contributed by atoms with van der Waals surface area (Å²) >= 11 is 1.38. The molecule has 1 aliphatic rings. The van der Waals surface area contributed by atoms with Gasteiger partial charge in [-0.2, -0.15) is 0 Å². The van der Waals surface area contributed by atoms with E-state index in [4.69, 9.17) is 9.47 Å². The van der Waals surface area contributed by atoms with Gasteiger partial charge in [0.05, 0.1) is 11.7 Å². The number of aromatic nitrogens is 1. The minimum absolute atomic E-state index is 0.123. The van der Waals surface area contributed by atoms with E-state index in [0.717, 1.165) is 11.1 Å². The molecule has 3 aromatic rings. The molecule has 6 nitrogen and oxygen atoms in total. The Morgan fingerprint density at radius 3 is 2.47 bits per heavy atom. The summed E-state index contributed by atoms with van der Waals surface area (Å²) in [5.41, 5.74) is 1.17. The molecule has 1 unspecified atom stereocenters. The number of thiazole rings is 1. The Morgan fingerprint density at radius 2 is 1.84 bits per heavy atom. The number of carbonyl (C=O) groups is 2. The summed E-state index contributed by atoms with van der Waals surface area (Å²) in [5, 5.41) is 5.32. The van der Waals surface area contributed by atoms with E-state index in [-0.39, 0.29) is 11.8 Å². The highest BCUT2D eigenvalue weighted by molar-refractivity contribution is 7.13. The number of nitrogens with zero attached hydrogens (tertiary/aromatic N) is 1. The van der Waals surface area contributed by atoms with Crippen molar-refractivity contribution in [2.45, 2.75) is 32.3 Å². The second-order valence-corrected chi connectivity index (χ2v) is 8.97. The summed E-state index contributed by atoms with van der Waals surface area (Å²) in [6.45, 7) is 3.85. The highest BCUT2D eigenvalue weighted by Gasteiger charge is 2.39. The van der Waals surface area contributed by atoms with Gasteiger partial charge in [-0.3, -0.25) is 4.79 Å². The van der Waals surface area contributed by atoms with E-state index in [1.807, 2.05) is 61.7 Å². The number of hydrogen-bond acceptors (Lipinski definition) is 6. The number of hydrogen-bond donors (Lipinski definition) is 1. The molecule has 0 aliphatic carbocycles. The van der Waals surface area contributed by atoms with Crippen molar-refractivity contribution in [2.75, 3.05) is 5.32 Å². The third-order valence-electron chi connectivity index (χ3n) is 5.48. The lowest BCUT2D eigenvalue weighted by Crippen LogP contribution is -2.37. The van der Waals surface area contributed by atoms with E-state index in [1.54, 1.807) is 24.4 Å². The van der Waals surface area contributed by atoms with Crippen molar-refractivity contribution in [2.24, 2.45) is 5.41 Å². The largest absolute Gasteiger partial charge is 0.486 e. The van der Waals surface area contributed by atoms with Crippen molar-refractivity contribution in [1.82, 2.24) is 4.98 Å². The Labute approximate surface area is 190 Å². The summed E-state index contributed by atoms with van der Waals surface area (Å²) in [7, 11) is 0. The van der Waals surface area contributed by atoms with Gasteiger partial charge >= 0.3 is 5.97 Å². The molecule has 0 spiro atoms. The molecule has 2 aromatic carbocycles. The minimum Gasteiger partial charge on any atom is -0.486 e. The predicted octanol–water partition coefficient (Wildman–Crippen LogP) is 5.15. The first kappa shape index (κ1) is 21.8. The molecule has 0 saturated heterocycles. The zero-order valence-electron chi connectivity index (χ0n) is 17.9. The highest BCUT2D eigenvalue weighted by Crippen LogP contribution is 2.42. The van der Waals surface area contributed by atoms with Gasteiger partial charge in [-0.15, -0.1) is 11.3 Å². The van der Waals surface area contributed by atoms with Gasteiger partial charge in [0, 0.05) is 23.9 Å². The molecule has 1 aliphatic heterocycles. The lowest BCUT2D eigenvalue weighted by atomic mass is 9.70. The predicted molar refractivity (Wildman–Crippen MR) is 124 cm³/mol. The number of esters is 1. The number of anilines is 1. The molecule has 1 amide bonds. The summed E-state index contributed by atoms with van der Waals surface area (Å²) in [6.07, 6.45) is 4.88. The fourth-order valence-corrected chi connectivity index (χ4v) is 4.32. The van der Waals surface area contributed by atoms with Gasteiger partial charge in [-0.1, -0.05) is 56.3 Å². The molecule has 1 N–H and O–H groups in total. The third kappa shape index (κ3) is 4.73. The zero-order chi connectivity index (χ0) is 22.6. The van der Waals surface area contributed by atoms with Crippen molar-refractivity contribution in [1.29, 1.82) is 0 Å². The van der Waals surface area contributed by atoms with Gasteiger partial charge in [0.25, 0.3) is 0 Å². The average molecular weight is 449 g/mol. The lowest BCUT2D eigenvalue weighted by molar-refractivity contribution is -0.143. The SMILES string of the molecule is CC(C)(C(=O)Nc1nccs1)[C@@H](c1ccccc1)c1ccc(OC(=O)C2CC=CO2)cc1. The van der Waals surface area contributed by atoms with Crippen LogP contribution in [0.1, 0.15) is 37.3 Å². The van der Waals surface area contributed by atoms with E-state index < -0.39 is 17.5 Å². The molecule has 32 heavy (non-hydrogen) atoms. The first-order valence-electron chi connectivity index (χ1n) is 10.3. The van der Waals surface area contributed by atoms with Crippen LogP contribution in [0.15, 0.2) is 78.5 Å². The average Bonchev–Trinajstić information content (AvgIpc) is 3.50. The topological polar surface area (TPSA) is 77.5 Å². The number of amides is 1. The Morgan fingerprint density at radius 1 is 1.12 bits per heavy atom. The van der Waals surface area contributed by atoms with Crippen LogP contribution in [-0.4, -0.2) is 23.0 Å². The molecule has 0 radical (unpaired) electrons. The van der Waals surface area contributed by atoms with Gasteiger partial charge in [-0.05, 0) is 29.3 Å². The van der Waals surface area contributed by atoms with Crippen LogP contribution in [0, 0.1) is 5.41 Å². The molecule has 0 bridgehead atoms. The van der Waals surface area contributed by atoms with Gasteiger partial charge in [0.2, 0.25) is 5.91 Å². The van der Waals surface area contributed by atoms with E-state index in [2.05, 4.69) is 10.3 Å². The second kappa shape index (κ2) is 9.36. The number of benzene rings is 2. The second-order valence-electron chi connectivity index (χ2n) is 8.08. The van der Waals surface area contributed by atoms with E-state index >= 15 is 0 Å². The van der Waals surface area contributed by atoms with Gasteiger partial charge < -0.3 is 14.8 Å². The monoisotopic (exact) mass is 448 g/mol. The van der Waals surface area contributed by atoms with E-state index in [9.17, 15) is 9.59 Å². The molecule has 4 rings (SSSR count). The van der Waals surface area contributed by atoms with Crippen molar-refractivity contribution >= 4 is 28.3 Å². The number of rotatable bonds is 7. The molecule has 0 saturated carbocycles. The van der Waals surface area contributed by atoms with Crippen molar-refractivity contribution in [3.63, 3.8) is 0 Å². The molecule has 2 heterocycles. The van der Waals surface area contributed by atoms with Crippen LogP contribution in [0.2, 0.25) is 0 Å². The summed E-state index contributed by atoms with van der Waals surface area (Å²) in [5.74, 6) is -0.338. The maximum absolute atomic E-state index is 13.2. The zero-order valence-corrected chi connectivity index (χ0v) is 18.7. The van der Waals surface area contributed by atoms with Gasteiger partial charge in [0.15, 0.2) is 11.2 Å². The highest BCUT2D eigenvalue weighted by atomic mass is 32.1. The quantitative estimate of drug-likeness (QED) is 0.400. The minimum atomic E-state index is -0.783. The molecule has 1 aromatic heterocycles. The number of ether oxygens (including phenoxy) is 2. The fraction of sp³-hybridized carbons (Fsp3) is 0.240. The molecular formula is C25H24N2O4S. The molecule has 2 atom stereocenters. The first-order valence-corrected chi connectivity index (χ1v) is 11.2. The smallest absolute Gasteiger partial charge is 0.353 e. The lowest BCUT2D eigenvalue weighted by Gasteiger charge is -2.33. The van der Waals surface area contributed by atoms with Crippen LogP contribution in [0.4, 0.5) is 5.13 Å². The maximum Gasteiger partial charge on any atom is 0.353 e. The van der Waals surface area contributed by atoms with E-state index in [0.29, 0.717) is 17.3 Å². The Hall–Kier alpha value is -3.45. The summed E-state index contributed by atoms with van der Waals surface area (Å²) < 4.78 is 10.7. The van der Waals surface area contributed by atoms with Gasteiger partial charge in [-0.25, -0.2) is 9.78 Å². The van der Waals surface area contributed by atoms with Crippen LogP contribution in [0.25, 0.3) is 0 Å². The summed E-state index contributed by atoms with van der Waals surface area (Å²) in [6, 6.07) is 17.2. The van der Waals surface area contributed by atoms with Crippen LogP contribution >= 0.6 is 11.3 Å². The molecular weight excluding hydrogens is 424 g/mol. The Kier molecular flexibility index (Phi) is 6.37. The standard InChI is InChI=1S/C25H24N2O4S/c1-25(2,23(29)27-24-26-14-16-32-24)21(17-7-4-3-5-8-17)18-10-12-19(13-11-18)31-22(28)20-9-6-15-30-20/h3-8,10-16,20-21H,9H2,1-2H3,(H,26,27,29)/t20?,21-/m0/s1. The fourth-order valence-electron chi connectivity index (χ4n) is 3.79. The van der Waals surface area contributed by atoms with Crippen molar-refractivity contribution in [3.05, 3.63) is 89.6 Å². The molecule has 7 heteroatoms. The van der Waals surface area contributed by atoms with E-state index in [1.165, 1.54) is 17.6 Å².